The Hall–Kier alpha value is -0.630. The Labute approximate surface area is 191 Å². The molecule has 0 bridgehead atoms. The number of rotatable bonds is 6. The van der Waals surface area contributed by atoms with Gasteiger partial charge in [-0.15, -0.1) is 0 Å². The fourth-order valence-electron chi connectivity index (χ4n) is 9.28. The molecule has 0 aromatic rings. The van der Waals surface area contributed by atoms with Crippen LogP contribution in [0.1, 0.15) is 106 Å². The van der Waals surface area contributed by atoms with Gasteiger partial charge in [0.15, 0.2) is 5.78 Å². The minimum Gasteiger partial charge on any atom is -0.381 e. The number of carbonyl (C=O) groups excluding carboxylic acids is 1. The number of hydrogen-bond acceptors (Lipinski definition) is 2. The average Bonchev–Trinajstić information content (AvgIpc) is 3.07. The zero-order chi connectivity index (χ0) is 22.6. The molecule has 0 aromatic carbocycles. The van der Waals surface area contributed by atoms with Gasteiger partial charge in [-0.05, 0) is 85.4 Å². The first kappa shape index (κ1) is 23.5. The van der Waals surface area contributed by atoms with Gasteiger partial charge in [-0.2, -0.15) is 0 Å². The van der Waals surface area contributed by atoms with E-state index in [2.05, 4.69) is 47.6 Å². The second kappa shape index (κ2) is 8.30. The van der Waals surface area contributed by atoms with E-state index < -0.39 is 5.60 Å². The van der Waals surface area contributed by atoms with Crippen LogP contribution in [0.25, 0.3) is 0 Å². The number of fused-ring (bicyclic) bond motifs is 5. The van der Waals surface area contributed by atoms with Crippen molar-refractivity contribution in [1.29, 1.82) is 0 Å². The van der Waals surface area contributed by atoms with Crippen LogP contribution in [0.5, 0.6) is 0 Å². The molecule has 0 aromatic heterocycles. The van der Waals surface area contributed by atoms with Gasteiger partial charge < -0.3 is 5.11 Å². The lowest BCUT2D eigenvalue weighted by molar-refractivity contribution is -0.192. The molecule has 0 spiro atoms. The summed E-state index contributed by atoms with van der Waals surface area (Å²) in [7, 11) is 0. The van der Waals surface area contributed by atoms with Gasteiger partial charge in [0, 0.05) is 18.3 Å². The lowest BCUT2D eigenvalue weighted by Gasteiger charge is -2.61. The smallest absolute Gasteiger partial charge is 0.165 e. The molecular weight excluding hydrogens is 380 g/mol. The van der Waals surface area contributed by atoms with Gasteiger partial charge in [0.1, 0.15) is 5.60 Å². The molecule has 1 N–H and O–H groups in total. The fraction of sp³-hybridized carbons (Fsp3) is 0.897. The summed E-state index contributed by atoms with van der Waals surface area (Å²) in [6, 6.07) is 0. The quantitative estimate of drug-likeness (QED) is 0.454. The minimum absolute atomic E-state index is 0.143. The highest BCUT2D eigenvalue weighted by molar-refractivity contribution is 5.90. The Morgan fingerprint density at radius 3 is 2.42 bits per heavy atom. The van der Waals surface area contributed by atoms with Crippen LogP contribution >= 0.6 is 0 Å². The van der Waals surface area contributed by atoms with E-state index in [9.17, 15) is 9.90 Å². The van der Waals surface area contributed by atoms with Crippen LogP contribution in [0.15, 0.2) is 12.2 Å². The topological polar surface area (TPSA) is 37.3 Å². The van der Waals surface area contributed by atoms with Crippen molar-refractivity contribution in [3.05, 3.63) is 12.2 Å². The number of hydrogen-bond donors (Lipinski definition) is 1. The van der Waals surface area contributed by atoms with Crippen LogP contribution in [0.2, 0.25) is 0 Å². The van der Waals surface area contributed by atoms with Gasteiger partial charge in [-0.25, -0.2) is 0 Å². The van der Waals surface area contributed by atoms with Gasteiger partial charge in [-0.1, -0.05) is 66.5 Å². The first-order valence-electron chi connectivity index (χ1n) is 13.5. The van der Waals surface area contributed by atoms with E-state index in [1.165, 1.54) is 44.9 Å². The minimum atomic E-state index is -1.12. The van der Waals surface area contributed by atoms with Crippen LogP contribution in [-0.2, 0) is 4.79 Å². The standard InChI is InChI=1S/C29H48O2/c1-7-21(19(2)3)11-10-20(4)23-12-13-24-22-18-26(30)29(31)16-9-8-15-28(29,6)25(22)14-17-27(23,24)5/h8-9,19-25,31H,7,10-18H2,1-6H3/t20-,21-,22+,23-,24+,25+,27-,28-,29-/m1/s1. The predicted octanol–water partition coefficient (Wildman–Crippen LogP) is 7.20. The summed E-state index contributed by atoms with van der Waals surface area (Å²) in [6.45, 7) is 14.5. The SMILES string of the molecule is CC[C@H](CC[C@@H](C)[C@H]1CC[C@H]2[C@@H]3CC(=O)[C@]4(O)CC=CC[C@]4(C)[C@H]3CC[C@]12C)C(C)C. The fourth-order valence-corrected chi connectivity index (χ4v) is 9.28. The molecule has 2 nitrogen and oxygen atoms in total. The molecule has 4 aliphatic rings. The average molecular weight is 429 g/mol. The second-order valence-corrected chi connectivity index (χ2v) is 12.9. The molecule has 0 amide bonds. The number of carbonyl (C=O) groups is 1. The maximum absolute atomic E-state index is 13.3. The molecule has 3 saturated carbocycles. The van der Waals surface area contributed by atoms with E-state index >= 15 is 0 Å². The monoisotopic (exact) mass is 428 g/mol. The molecule has 0 saturated heterocycles. The summed E-state index contributed by atoms with van der Waals surface area (Å²) in [4.78, 5) is 13.3. The molecule has 9 atom stereocenters. The van der Waals surface area contributed by atoms with Crippen molar-refractivity contribution in [2.24, 2.45) is 52.3 Å². The summed E-state index contributed by atoms with van der Waals surface area (Å²) in [5.74, 6) is 5.03. The molecule has 0 unspecified atom stereocenters. The Balaban J connectivity index is 1.52. The summed E-state index contributed by atoms with van der Waals surface area (Å²) < 4.78 is 0. The second-order valence-electron chi connectivity index (χ2n) is 12.9. The first-order valence-corrected chi connectivity index (χ1v) is 13.5. The van der Waals surface area contributed by atoms with Crippen molar-refractivity contribution in [3.63, 3.8) is 0 Å². The van der Waals surface area contributed by atoms with E-state index in [0.29, 0.717) is 36.0 Å². The number of aliphatic hydroxyl groups is 1. The lowest BCUT2D eigenvalue weighted by Crippen LogP contribution is -2.65. The van der Waals surface area contributed by atoms with Crippen molar-refractivity contribution < 1.29 is 9.90 Å². The number of allylic oxidation sites excluding steroid dienone is 1. The van der Waals surface area contributed by atoms with Crippen molar-refractivity contribution in [2.75, 3.05) is 0 Å². The lowest BCUT2D eigenvalue weighted by atomic mass is 9.43. The summed E-state index contributed by atoms with van der Waals surface area (Å²) in [5.41, 5.74) is -0.997. The predicted molar refractivity (Wildman–Crippen MR) is 129 cm³/mol. The third-order valence-electron chi connectivity index (χ3n) is 11.4. The van der Waals surface area contributed by atoms with E-state index in [4.69, 9.17) is 0 Å². The van der Waals surface area contributed by atoms with Gasteiger partial charge in [0.2, 0.25) is 0 Å². The zero-order valence-corrected chi connectivity index (χ0v) is 21.1. The molecule has 2 heteroatoms. The zero-order valence-electron chi connectivity index (χ0n) is 21.1. The van der Waals surface area contributed by atoms with Crippen LogP contribution in [0.4, 0.5) is 0 Å². The van der Waals surface area contributed by atoms with Gasteiger partial charge in [0.05, 0.1) is 0 Å². The third-order valence-corrected chi connectivity index (χ3v) is 11.4. The highest BCUT2D eigenvalue weighted by Crippen LogP contribution is 2.68. The van der Waals surface area contributed by atoms with Crippen molar-refractivity contribution in [1.82, 2.24) is 0 Å². The summed E-state index contributed by atoms with van der Waals surface area (Å²) in [5, 5.41) is 11.5. The molecule has 0 radical (unpaired) electrons. The molecule has 3 fully saturated rings. The van der Waals surface area contributed by atoms with Crippen molar-refractivity contribution in [2.45, 2.75) is 111 Å². The normalized spacial score (nSPS) is 46.4. The van der Waals surface area contributed by atoms with Gasteiger partial charge in [-0.3, -0.25) is 4.79 Å². The maximum atomic E-state index is 13.3. The summed E-state index contributed by atoms with van der Waals surface area (Å²) in [6.07, 6.45) is 15.5. The molecule has 31 heavy (non-hydrogen) atoms. The third kappa shape index (κ3) is 3.49. The Bertz CT molecular complexity index is 710. The van der Waals surface area contributed by atoms with E-state index in [-0.39, 0.29) is 11.2 Å². The van der Waals surface area contributed by atoms with Crippen molar-refractivity contribution in [3.8, 4) is 0 Å². The highest BCUT2D eigenvalue weighted by atomic mass is 16.3. The number of ketones is 1. The van der Waals surface area contributed by atoms with Crippen LogP contribution in [0.3, 0.4) is 0 Å². The maximum Gasteiger partial charge on any atom is 0.165 e. The van der Waals surface area contributed by atoms with Crippen LogP contribution in [-0.4, -0.2) is 16.5 Å². The highest BCUT2D eigenvalue weighted by Gasteiger charge is 2.66. The molecule has 176 valence electrons. The van der Waals surface area contributed by atoms with Crippen LogP contribution in [0, 0.1) is 52.3 Å². The molecular formula is C29H48O2. The Morgan fingerprint density at radius 2 is 1.74 bits per heavy atom. The number of Topliss-reactive ketones (excluding diaryl/α,β-unsaturated/α-hetero) is 1. The van der Waals surface area contributed by atoms with Crippen molar-refractivity contribution >= 4 is 5.78 Å². The summed E-state index contributed by atoms with van der Waals surface area (Å²) >= 11 is 0. The van der Waals surface area contributed by atoms with Gasteiger partial charge >= 0.3 is 0 Å². The molecule has 4 aliphatic carbocycles. The van der Waals surface area contributed by atoms with Gasteiger partial charge in [0.25, 0.3) is 0 Å². The molecule has 0 heterocycles. The molecule has 0 aliphatic heterocycles. The molecule has 4 rings (SSSR count). The Kier molecular flexibility index (Phi) is 6.30. The van der Waals surface area contributed by atoms with E-state index in [1.54, 1.807) is 0 Å². The van der Waals surface area contributed by atoms with E-state index in [1.807, 2.05) is 6.08 Å². The Morgan fingerprint density at radius 1 is 1.03 bits per heavy atom. The first-order chi connectivity index (χ1) is 14.6. The van der Waals surface area contributed by atoms with Crippen LogP contribution < -0.4 is 0 Å². The van der Waals surface area contributed by atoms with E-state index in [0.717, 1.165) is 30.1 Å². The largest absolute Gasteiger partial charge is 0.381 e.